The number of anilines is 1. The van der Waals surface area contributed by atoms with E-state index in [0.717, 1.165) is 50.3 Å². The molecule has 2 aliphatic heterocycles. The van der Waals surface area contributed by atoms with Crippen LogP contribution in [0.5, 0.6) is 5.75 Å². The smallest absolute Gasteiger partial charge is 0.320 e. The van der Waals surface area contributed by atoms with Gasteiger partial charge in [-0.3, -0.25) is 0 Å². The quantitative estimate of drug-likeness (QED) is 0.586. The van der Waals surface area contributed by atoms with Crippen LogP contribution in [0.4, 0.5) is 15.3 Å². The fourth-order valence-electron chi connectivity index (χ4n) is 5.23. The van der Waals surface area contributed by atoms with Crippen LogP contribution in [-0.2, 0) is 0 Å². The highest BCUT2D eigenvalue weighted by molar-refractivity contribution is 5.76. The third-order valence-electron chi connectivity index (χ3n) is 7.12. The van der Waals surface area contributed by atoms with Gasteiger partial charge < -0.3 is 34.8 Å². The van der Waals surface area contributed by atoms with Gasteiger partial charge in [0, 0.05) is 57.9 Å². The SMILES string of the molecule is CC[C@@H](C[C@H](C)O)N(CC)C(=O)N[C@H]1CCCN(C(=O)N2CCN(c3ccccc3OC)CC2)C1. The average Bonchev–Trinajstić information content (AvgIpc) is 2.88. The lowest BCUT2D eigenvalue weighted by Crippen LogP contribution is -2.58. The minimum atomic E-state index is -0.451. The van der Waals surface area contributed by atoms with E-state index in [9.17, 15) is 14.7 Å². The van der Waals surface area contributed by atoms with Crippen LogP contribution >= 0.6 is 0 Å². The lowest BCUT2D eigenvalue weighted by molar-refractivity contribution is 0.113. The van der Waals surface area contributed by atoms with Crippen molar-refractivity contribution in [1.29, 1.82) is 0 Å². The summed E-state index contributed by atoms with van der Waals surface area (Å²) in [6, 6.07) is 7.86. The van der Waals surface area contributed by atoms with Crippen molar-refractivity contribution in [3.63, 3.8) is 0 Å². The first-order valence-electron chi connectivity index (χ1n) is 13.0. The lowest BCUT2D eigenvalue weighted by Gasteiger charge is -2.41. The number of nitrogens with one attached hydrogen (secondary N) is 1. The van der Waals surface area contributed by atoms with Crippen molar-refractivity contribution in [3.05, 3.63) is 24.3 Å². The van der Waals surface area contributed by atoms with Gasteiger partial charge >= 0.3 is 12.1 Å². The van der Waals surface area contributed by atoms with Gasteiger partial charge in [-0.25, -0.2) is 9.59 Å². The summed E-state index contributed by atoms with van der Waals surface area (Å²) in [4.78, 5) is 34.2. The molecule has 0 saturated carbocycles. The van der Waals surface area contributed by atoms with E-state index in [1.807, 2.05) is 46.7 Å². The molecule has 1 aromatic rings. The van der Waals surface area contributed by atoms with Gasteiger partial charge in [0.05, 0.1) is 18.9 Å². The van der Waals surface area contributed by atoms with E-state index in [-0.39, 0.29) is 24.1 Å². The Morgan fingerprint density at radius 1 is 1.14 bits per heavy atom. The summed E-state index contributed by atoms with van der Waals surface area (Å²) in [7, 11) is 1.68. The molecule has 2 fully saturated rings. The summed E-state index contributed by atoms with van der Waals surface area (Å²) in [5.74, 6) is 0.849. The number of nitrogens with zero attached hydrogens (tertiary/aromatic N) is 4. The van der Waals surface area contributed by atoms with E-state index in [0.29, 0.717) is 32.6 Å². The Balaban J connectivity index is 1.53. The first kappa shape index (κ1) is 26.9. The molecule has 2 N–H and O–H groups in total. The van der Waals surface area contributed by atoms with Gasteiger partial charge in [-0.2, -0.15) is 0 Å². The van der Waals surface area contributed by atoms with Gasteiger partial charge in [0.2, 0.25) is 0 Å². The Morgan fingerprint density at radius 2 is 1.86 bits per heavy atom. The Hall–Kier alpha value is -2.68. The molecule has 1 aromatic carbocycles. The van der Waals surface area contributed by atoms with Gasteiger partial charge in [0.15, 0.2) is 0 Å². The first-order chi connectivity index (χ1) is 16.9. The summed E-state index contributed by atoms with van der Waals surface area (Å²) in [6.07, 6.45) is 2.64. The van der Waals surface area contributed by atoms with Gasteiger partial charge in [0.1, 0.15) is 5.75 Å². The molecule has 2 aliphatic rings. The van der Waals surface area contributed by atoms with Crippen LogP contribution in [0.3, 0.4) is 0 Å². The molecule has 3 rings (SSSR count). The second-order valence-electron chi connectivity index (χ2n) is 9.60. The number of rotatable bonds is 8. The van der Waals surface area contributed by atoms with Gasteiger partial charge in [0.25, 0.3) is 0 Å². The second kappa shape index (κ2) is 12.9. The van der Waals surface area contributed by atoms with E-state index in [1.54, 1.807) is 14.0 Å². The largest absolute Gasteiger partial charge is 0.495 e. The summed E-state index contributed by atoms with van der Waals surface area (Å²) in [5.41, 5.74) is 1.06. The minimum Gasteiger partial charge on any atom is -0.495 e. The number of hydrogen-bond acceptors (Lipinski definition) is 5. The van der Waals surface area contributed by atoms with Gasteiger partial charge in [-0.15, -0.1) is 0 Å². The number of aliphatic hydroxyl groups excluding tert-OH is 1. The number of ether oxygens (including phenoxy) is 1. The third kappa shape index (κ3) is 6.93. The number of benzene rings is 1. The number of piperidine rings is 1. The number of aliphatic hydroxyl groups is 1. The molecule has 35 heavy (non-hydrogen) atoms. The van der Waals surface area contributed by atoms with E-state index in [4.69, 9.17) is 4.74 Å². The molecule has 4 amide bonds. The number of carbonyl (C=O) groups is 2. The van der Waals surface area contributed by atoms with Crippen molar-refractivity contribution < 1.29 is 19.4 Å². The van der Waals surface area contributed by atoms with Crippen molar-refractivity contribution in [3.8, 4) is 5.75 Å². The van der Waals surface area contributed by atoms with Crippen LogP contribution in [-0.4, -0.2) is 103 Å². The molecule has 0 unspecified atom stereocenters. The fraction of sp³-hybridized carbons (Fsp3) is 0.692. The standard InChI is InChI=1S/C26H43N5O4/c1-5-22(18-20(3)32)31(6-2)25(33)27-21-10-9-13-30(19-21)26(34)29-16-14-28(15-17-29)23-11-7-8-12-24(23)35-4/h7-8,11-12,20-22,32H,5-6,9-10,13-19H2,1-4H3,(H,27,33)/t20-,21-,22-/m0/s1. The molecule has 9 nitrogen and oxygen atoms in total. The zero-order chi connectivity index (χ0) is 25.4. The van der Waals surface area contributed by atoms with E-state index in [1.165, 1.54) is 0 Å². The Morgan fingerprint density at radius 3 is 2.49 bits per heavy atom. The zero-order valence-corrected chi connectivity index (χ0v) is 21.8. The number of para-hydroxylation sites is 2. The molecule has 9 heteroatoms. The highest BCUT2D eigenvalue weighted by Gasteiger charge is 2.31. The van der Waals surface area contributed by atoms with Crippen LogP contribution in [0, 0.1) is 0 Å². The minimum absolute atomic E-state index is 0.000796. The van der Waals surface area contributed by atoms with Crippen molar-refractivity contribution in [2.75, 3.05) is 57.8 Å². The number of piperazine rings is 1. The molecular formula is C26H43N5O4. The van der Waals surface area contributed by atoms with E-state index < -0.39 is 6.10 Å². The predicted molar refractivity (Wildman–Crippen MR) is 138 cm³/mol. The maximum atomic E-state index is 13.3. The number of amides is 4. The lowest BCUT2D eigenvalue weighted by atomic mass is 10.0. The number of methoxy groups -OCH3 is 1. The molecule has 0 spiro atoms. The van der Waals surface area contributed by atoms with Gasteiger partial charge in [-0.1, -0.05) is 19.1 Å². The average molecular weight is 490 g/mol. The fourth-order valence-corrected chi connectivity index (χ4v) is 5.23. The molecule has 0 aliphatic carbocycles. The normalized spacial score (nSPS) is 20.3. The zero-order valence-electron chi connectivity index (χ0n) is 21.8. The highest BCUT2D eigenvalue weighted by atomic mass is 16.5. The molecule has 0 radical (unpaired) electrons. The first-order valence-corrected chi connectivity index (χ1v) is 13.0. The van der Waals surface area contributed by atoms with Crippen LogP contribution in [0.15, 0.2) is 24.3 Å². The summed E-state index contributed by atoms with van der Waals surface area (Å²) >= 11 is 0. The molecule has 2 heterocycles. The Bertz CT molecular complexity index is 828. The Kier molecular flexibility index (Phi) is 9.89. The van der Waals surface area contributed by atoms with Crippen molar-refractivity contribution in [1.82, 2.24) is 20.0 Å². The summed E-state index contributed by atoms with van der Waals surface area (Å²) in [5, 5.41) is 13.0. The van der Waals surface area contributed by atoms with Gasteiger partial charge in [-0.05, 0) is 51.7 Å². The number of likely N-dealkylation sites (tertiary alicyclic amines) is 1. The molecule has 0 aromatic heterocycles. The van der Waals surface area contributed by atoms with Crippen molar-refractivity contribution in [2.24, 2.45) is 0 Å². The van der Waals surface area contributed by atoms with Crippen LogP contribution in [0.1, 0.15) is 46.5 Å². The number of carbonyl (C=O) groups excluding carboxylic acids is 2. The topological polar surface area (TPSA) is 88.6 Å². The van der Waals surface area contributed by atoms with Crippen molar-refractivity contribution >= 4 is 17.7 Å². The summed E-state index contributed by atoms with van der Waals surface area (Å²) < 4.78 is 5.50. The maximum Gasteiger partial charge on any atom is 0.320 e. The maximum absolute atomic E-state index is 13.3. The second-order valence-corrected chi connectivity index (χ2v) is 9.60. The third-order valence-corrected chi connectivity index (χ3v) is 7.12. The molecule has 2 saturated heterocycles. The van der Waals surface area contributed by atoms with Crippen molar-refractivity contribution in [2.45, 2.75) is 64.6 Å². The van der Waals surface area contributed by atoms with E-state index >= 15 is 0 Å². The predicted octanol–water partition coefficient (Wildman–Crippen LogP) is 2.98. The molecule has 0 bridgehead atoms. The monoisotopic (exact) mass is 489 g/mol. The molecule has 196 valence electrons. The highest BCUT2D eigenvalue weighted by Crippen LogP contribution is 2.28. The summed E-state index contributed by atoms with van der Waals surface area (Å²) in [6.45, 7) is 10.4. The number of hydrogen-bond donors (Lipinski definition) is 2. The van der Waals surface area contributed by atoms with E-state index in [2.05, 4.69) is 16.3 Å². The van der Waals surface area contributed by atoms with Crippen LogP contribution < -0.4 is 15.0 Å². The van der Waals surface area contributed by atoms with Crippen LogP contribution in [0.2, 0.25) is 0 Å². The Labute approximate surface area is 210 Å². The molecular weight excluding hydrogens is 446 g/mol. The number of urea groups is 2. The molecule has 3 atom stereocenters. The van der Waals surface area contributed by atoms with Crippen LogP contribution in [0.25, 0.3) is 0 Å².